The molecule has 3 unspecified atom stereocenters. The van der Waals surface area contributed by atoms with Gasteiger partial charge in [0.1, 0.15) is 5.25 Å². The summed E-state index contributed by atoms with van der Waals surface area (Å²) < 4.78 is 0. The third-order valence-corrected chi connectivity index (χ3v) is 6.32. The van der Waals surface area contributed by atoms with Crippen LogP contribution in [0.4, 0.5) is 0 Å². The van der Waals surface area contributed by atoms with Crippen molar-refractivity contribution >= 4 is 23.6 Å². The maximum atomic E-state index is 12.5. The largest absolute Gasteiger partial charge is 0.480 e. The number of piperidine rings is 1. The molecule has 2 aliphatic rings. The first-order valence-corrected chi connectivity index (χ1v) is 9.19. The lowest BCUT2D eigenvalue weighted by atomic mass is 9.78. The predicted molar refractivity (Wildman–Crippen MR) is 85.4 cm³/mol. The maximum absolute atomic E-state index is 12.5. The van der Waals surface area contributed by atoms with E-state index in [0.717, 1.165) is 19.4 Å². The molecule has 1 aliphatic heterocycles. The maximum Gasteiger partial charge on any atom is 0.316 e. The van der Waals surface area contributed by atoms with Crippen LogP contribution in [0.5, 0.6) is 0 Å². The molecule has 0 spiro atoms. The number of aliphatic carboxylic acids is 1. The Morgan fingerprint density at radius 3 is 2.52 bits per heavy atom. The molecule has 1 amide bonds. The van der Waals surface area contributed by atoms with Crippen LogP contribution in [0.1, 0.15) is 52.4 Å². The predicted octanol–water partition coefficient (Wildman–Crippen LogP) is 3.01. The molecular weight excluding hydrogens is 286 g/mol. The molecule has 120 valence electrons. The van der Waals surface area contributed by atoms with E-state index in [9.17, 15) is 14.7 Å². The van der Waals surface area contributed by atoms with Gasteiger partial charge in [-0.1, -0.05) is 26.7 Å². The second-order valence-corrected chi connectivity index (χ2v) is 7.78. The van der Waals surface area contributed by atoms with Gasteiger partial charge in [0.25, 0.3) is 0 Å². The van der Waals surface area contributed by atoms with Crippen molar-refractivity contribution < 1.29 is 14.7 Å². The normalized spacial score (nSPS) is 27.3. The monoisotopic (exact) mass is 313 g/mol. The number of nitrogens with zero attached hydrogens (tertiary/aromatic N) is 1. The van der Waals surface area contributed by atoms with E-state index in [-0.39, 0.29) is 11.8 Å². The van der Waals surface area contributed by atoms with Gasteiger partial charge in [0, 0.05) is 12.6 Å². The van der Waals surface area contributed by atoms with Crippen molar-refractivity contribution in [2.45, 2.75) is 63.7 Å². The summed E-state index contributed by atoms with van der Waals surface area (Å²) >= 11 is 1.29. The molecule has 0 aromatic rings. The van der Waals surface area contributed by atoms with Gasteiger partial charge < -0.3 is 10.0 Å². The molecular formula is C16H27NO3S. The first-order valence-electron chi connectivity index (χ1n) is 8.14. The van der Waals surface area contributed by atoms with Crippen LogP contribution in [0.2, 0.25) is 0 Å². The lowest BCUT2D eigenvalue weighted by Gasteiger charge is -2.44. The molecule has 1 aliphatic carbocycles. The van der Waals surface area contributed by atoms with Crippen LogP contribution in [0, 0.1) is 11.8 Å². The van der Waals surface area contributed by atoms with Gasteiger partial charge in [-0.2, -0.15) is 0 Å². The Kier molecular flexibility index (Phi) is 5.97. The number of carbonyl (C=O) groups excluding carboxylic acids is 1. The number of fused-ring (bicyclic) bond motifs is 1. The molecule has 0 bridgehead atoms. The highest BCUT2D eigenvalue weighted by Crippen LogP contribution is 2.35. The van der Waals surface area contributed by atoms with Crippen molar-refractivity contribution in [3.63, 3.8) is 0 Å². The van der Waals surface area contributed by atoms with Gasteiger partial charge in [-0.05, 0) is 37.5 Å². The summed E-state index contributed by atoms with van der Waals surface area (Å²) in [6.45, 7) is 4.66. The average molecular weight is 313 g/mol. The van der Waals surface area contributed by atoms with Gasteiger partial charge in [0.2, 0.25) is 5.91 Å². The Morgan fingerprint density at radius 1 is 1.19 bits per heavy atom. The molecule has 1 saturated heterocycles. The highest BCUT2D eigenvalue weighted by Gasteiger charge is 2.36. The summed E-state index contributed by atoms with van der Waals surface area (Å²) in [5, 5.41) is 8.72. The second kappa shape index (κ2) is 7.52. The number of likely N-dealkylation sites (tertiary alicyclic amines) is 1. The summed E-state index contributed by atoms with van der Waals surface area (Å²) in [5.74, 6) is 0.365. The van der Waals surface area contributed by atoms with E-state index >= 15 is 0 Å². The van der Waals surface area contributed by atoms with E-state index in [4.69, 9.17) is 0 Å². The summed E-state index contributed by atoms with van der Waals surface area (Å²) in [6.07, 6.45) is 7.27. The molecule has 2 fully saturated rings. The minimum atomic E-state index is -0.808. The van der Waals surface area contributed by atoms with E-state index in [1.54, 1.807) is 0 Å². The molecule has 0 aromatic carbocycles. The third kappa shape index (κ3) is 4.15. The Hall–Kier alpha value is -0.710. The van der Waals surface area contributed by atoms with E-state index in [2.05, 4.69) is 4.90 Å². The fourth-order valence-corrected chi connectivity index (χ4v) is 4.74. The van der Waals surface area contributed by atoms with Gasteiger partial charge in [-0.15, -0.1) is 11.8 Å². The Bertz CT molecular complexity index is 384. The van der Waals surface area contributed by atoms with Crippen LogP contribution in [0.3, 0.4) is 0 Å². The molecule has 21 heavy (non-hydrogen) atoms. The smallest absolute Gasteiger partial charge is 0.316 e. The van der Waals surface area contributed by atoms with Crippen LogP contribution in [-0.4, -0.2) is 45.5 Å². The molecule has 1 heterocycles. The number of hydrogen-bond acceptors (Lipinski definition) is 3. The zero-order valence-electron chi connectivity index (χ0n) is 13.1. The summed E-state index contributed by atoms with van der Waals surface area (Å²) in [4.78, 5) is 25.8. The van der Waals surface area contributed by atoms with Gasteiger partial charge in [-0.3, -0.25) is 9.59 Å². The van der Waals surface area contributed by atoms with Gasteiger partial charge in [0.05, 0.1) is 5.75 Å². The number of carbonyl (C=O) groups is 2. The van der Waals surface area contributed by atoms with E-state index in [0.29, 0.717) is 17.7 Å². The number of hydrogen-bond donors (Lipinski definition) is 1. The minimum absolute atomic E-state index is 0.0454. The summed E-state index contributed by atoms with van der Waals surface area (Å²) in [7, 11) is 0. The zero-order chi connectivity index (χ0) is 15.4. The Balaban J connectivity index is 1.91. The number of carboxylic acids is 1. The fraction of sp³-hybridized carbons (Fsp3) is 0.875. The number of thioether (sulfide) groups is 1. The Morgan fingerprint density at radius 2 is 1.86 bits per heavy atom. The number of rotatable bonds is 5. The van der Waals surface area contributed by atoms with E-state index in [1.165, 1.54) is 37.4 Å². The first-order chi connectivity index (χ1) is 10.0. The highest BCUT2D eigenvalue weighted by atomic mass is 32.2. The van der Waals surface area contributed by atoms with Crippen molar-refractivity contribution in [1.82, 2.24) is 4.90 Å². The van der Waals surface area contributed by atoms with Crippen LogP contribution in [-0.2, 0) is 9.59 Å². The van der Waals surface area contributed by atoms with Crippen LogP contribution in [0.25, 0.3) is 0 Å². The quantitative estimate of drug-likeness (QED) is 0.847. The number of carboxylic acid groups (broad SMARTS) is 1. The molecule has 1 N–H and O–H groups in total. The van der Waals surface area contributed by atoms with Crippen molar-refractivity contribution in [1.29, 1.82) is 0 Å². The van der Waals surface area contributed by atoms with E-state index in [1.807, 2.05) is 13.8 Å². The number of amides is 1. The van der Waals surface area contributed by atoms with Crippen LogP contribution >= 0.6 is 11.8 Å². The van der Waals surface area contributed by atoms with Crippen LogP contribution in [0.15, 0.2) is 0 Å². The summed E-state index contributed by atoms with van der Waals surface area (Å²) in [5.41, 5.74) is 0. The Labute approximate surface area is 131 Å². The fourth-order valence-electron chi connectivity index (χ4n) is 3.73. The van der Waals surface area contributed by atoms with Crippen LogP contribution < -0.4 is 0 Å². The molecule has 1 saturated carbocycles. The van der Waals surface area contributed by atoms with Crippen molar-refractivity contribution in [2.75, 3.05) is 12.3 Å². The van der Waals surface area contributed by atoms with Gasteiger partial charge >= 0.3 is 5.97 Å². The van der Waals surface area contributed by atoms with Gasteiger partial charge in [-0.25, -0.2) is 0 Å². The standard InChI is InChI=1S/C16H27NO3S/c1-11(2)15(16(19)20)21-10-14(18)17-9-5-7-12-6-3-4-8-13(12)17/h11-13,15H,3-10H2,1-2H3,(H,19,20). The van der Waals surface area contributed by atoms with Crippen molar-refractivity contribution in [3.05, 3.63) is 0 Å². The highest BCUT2D eigenvalue weighted by molar-refractivity contribution is 8.01. The zero-order valence-corrected chi connectivity index (χ0v) is 13.9. The lowest BCUT2D eigenvalue weighted by molar-refractivity contribution is -0.137. The third-order valence-electron chi connectivity index (χ3n) is 4.80. The lowest BCUT2D eigenvalue weighted by Crippen LogP contribution is -2.50. The molecule has 0 radical (unpaired) electrons. The van der Waals surface area contributed by atoms with Gasteiger partial charge in [0.15, 0.2) is 0 Å². The summed E-state index contributed by atoms with van der Waals surface area (Å²) in [6, 6.07) is 0.419. The molecule has 0 aromatic heterocycles. The minimum Gasteiger partial charge on any atom is -0.480 e. The first kappa shape index (κ1) is 16.7. The molecule has 2 rings (SSSR count). The second-order valence-electron chi connectivity index (χ2n) is 6.66. The molecule has 3 atom stereocenters. The van der Waals surface area contributed by atoms with E-state index < -0.39 is 11.2 Å². The SMILES string of the molecule is CC(C)C(SCC(=O)N1CCCC2CCCCC21)C(=O)O. The van der Waals surface area contributed by atoms with Crippen molar-refractivity contribution in [2.24, 2.45) is 11.8 Å². The average Bonchev–Trinajstić information content (AvgIpc) is 2.46. The molecule has 4 nitrogen and oxygen atoms in total. The molecule has 5 heteroatoms. The van der Waals surface area contributed by atoms with Crippen molar-refractivity contribution in [3.8, 4) is 0 Å². The topological polar surface area (TPSA) is 57.6 Å².